The van der Waals surface area contributed by atoms with E-state index in [9.17, 15) is 4.79 Å². The molecule has 0 aromatic heterocycles. The van der Waals surface area contributed by atoms with Gasteiger partial charge in [0.1, 0.15) is 5.75 Å². The van der Waals surface area contributed by atoms with Crippen LogP contribution in [0.25, 0.3) is 0 Å². The van der Waals surface area contributed by atoms with Gasteiger partial charge in [-0.2, -0.15) is 0 Å². The van der Waals surface area contributed by atoms with Crippen molar-refractivity contribution in [2.24, 2.45) is 0 Å². The van der Waals surface area contributed by atoms with Crippen molar-refractivity contribution in [1.29, 1.82) is 0 Å². The molecule has 0 bridgehead atoms. The van der Waals surface area contributed by atoms with E-state index < -0.39 is 0 Å². The first-order chi connectivity index (χ1) is 9.11. The molecule has 0 aliphatic carbocycles. The Morgan fingerprint density at radius 1 is 1.50 bits per heavy atom. The first-order valence-corrected chi connectivity index (χ1v) is 6.87. The summed E-state index contributed by atoms with van der Waals surface area (Å²) in [6, 6.07) is 5.48. The number of hydrogen-bond acceptors (Lipinski definition) is 3. The number of piperidine rings is 1. The van der Waals surface area contributed by atoms with E-state index in [1.807, 2.05) is 0 Å². The van der Waals surface area contributed by atoms with Crippen LogP contribution in [0.2, 0.25) is 5.02 Å². The number of nitrogens with one attached hydrogen (secondary N) is 2. The molecule has 0 spiro atoms. The summed E-state index contributed by atoms with van der Waals surface area (Å²) in [5.74, 6) is 0.385. The Balaban J connectivity index is 0.00000200. The number of benzene rings is 1. The van der Waals surface area contributed by atoms with Crippen molar-refractivity contribution in [3.8, 4) is 5.75 Å². The minimum absolute atomic E-state index is 0. The number of amides is 1. The molecular formula is C14H20Cl2N2O2. The van der Waals surface area contributed by atoms with E-state index in [0.717, 1.165) is 19.4 Å². The highest BCUT2D eigenvalue weighted by molar-refractivity contribution is 6.30. The monoisotopic (exact) mass is 318 g/mol. The molecule has 1 fully saturated rings. The van der Waals surface area contributed by atoms with Crippen LogP contribution in [-0.4, -0.2) is 31.6 Å². The lowest BCUT2D eigenvalue weighted by molar-refractivity contribution is 0.0917. The van der Waals surface area contributed by atoms with Gasteiger partial charge in [-0.3, -0.25) is 4.79 Å². The zero-order chi connectivity index (χ0) is 13.8. The predicted molar refractivity (Wildman–Crippen MR) is 83.2 cm³/mol. The number of rotatable bonds is 3. The van der Waals surface area contributed by atoms with Crippen molar-refractivity contribution >= 4 is 29.9 Å². The lowest BCUT2D eigenvalue weighted by Gasteiger charge is -2.30. The number of hydrogen-bond donors (Lipinski definition) is 2. The molecule has 112 valence electrons. The maximum Gasteiger partial charge on any atom is 0.255 e. The van der Waals surface area contributed by atoms with Crippen LogP contribution in [0.3, 0.4) is 0 Å². The number of halogens is 2. The molecule has 0 saturated carbocycles. The molecule has 4 nitrogen and oxygen atoms in total. The third kappa shape index (κ3) is 4.01. The first-order valence-electron chi connectivity index (χ1n) is 6.49. The van der Waals surface area contributed by atoms with Crippen molar-refractivity contribution in [2.45, 2.75) is 31.8 Å². The Morgan fingerprint density at radius 2 is 2.25 bits per heavy atom. The Labute approximate surface area is 130 Å². The fourth-order valence-corrected chi connectivity index (χ4v) is 2.50. The highest BCUT2D eigenvalue weighted by Crippen LogP contribution is 2.23. The summed E-state index contributed by atoms with van der Waals surface area (Å²) in [6.45, 7) is 3.10. The van der Waals surface area contributed by atoms with Gasteiger partial charge in [0.2, 0.25) is 0 Å². The lowest BCUT2D eigenvalue weighted by Crippen LogP contribution is -2.51. The second-order valence-corrected chi connectivity index (χ2v) is 5.25. The molecule has 1 amide bonds. The minimum Gasteiger partial charge on any atom is -0.496 e. The van der Waals surface area contributed by atoms with E-state index in [4.69, 9.17) is 16.3 Å². The number of carbonyl (C=O) groups is 1. The Morgan fingerprint density at radius 3 is 2.90 bits per heavy atom. The summed E-state index contributed by atoms with van der Waals surface area (Å²) in [7, 11) is 1.53. The van der Waals surface area contributed by atoms with Crippen LogP contribution in [-0.2, 0) is 0 Å². The minimum atomic E-state index is -0.117. The molecule has 1 aliphatic heterocycles. The first kappa shape index (κ1) is 17.1. The van der Waals surface area contributed by atoms with E-state index in [1.54, 1.807) is 18.2 Å². The molecule has 2 N–H and O–H groups in total. The van der Waals surface area contributed by atoms with Gasteiger partial charge >= 0.3 is 0 Å². The largest absolute Gasteiger partial charge is 0.496 e. The van der Waals surface area contributed by atoms with Gasteiger partial charge in [-0.25, -0.2) is 0 Å². The predicted octanol–water partition coefficient (Wildman–Crippen LogP) is 2.64. The molecule has 0 radical (unpaired) electrons. The second kappa shape index (κ2) is 7.72. The second-order valence-electron chi connectivity index (χ2n) is 4.81. The van der Waals surface area contributed by atoms with Gasteiger partial charge in [0.15, 0.2) is 0 Å². The summed E-state index contributed by atoms with van der Waals surface area (Å²) in [5.41, 5.74) is 0.518. The Hall–Kier alpha value is -0.970. The quantitative estimate of drug-likeness (QED) is 0.900. The fourth-order valence-electron chi connectivity index (χ4n) is 2.34. The molecule has 1 aromatic rings. The molecule has 1 aliphatic rings. The van der Waals surface area contributed by atoms with E-state index >= 15 is 0 Å². The van der Waals surface area contributed by atoms with Crippen LogP contribution >= 0.6 is 24.0 Å². The van der Waals surface area contributed by atoms with Gasteiger partial charge in [-0.15, -0.1) is 12.4 Å². The fraction of sp³-hybridized carbons (Fsp3) is 0.500. The molecule has 20 heavy (non-hydrogen) atoms. The van der Waals surface area contributed by atoms with Crippen LogP contribution in [0.1, 0.15) is 30.1 Å². The highest BCUT2D eigenvalue weighted by Gasteiger charge is 2.24. The molecule has 6 heteroatoms. The number of methoxy groups -OCH3 is 1. The number of carbonyl (C=O) groups excluding carboxylic acids is 1. The molecule has 2 rings (SSSR count). The van der Waals surface area contributed by atoms with Crippen molar-refractivity contribution in [2.75, 3.05) is 13.7 Å². The molecule has 1 heterocycles. The van der Waals surface area contributed by atoms with Gasteiger partial charge in [-0.05, 0) is 44.5 Å². The lowest BCUT2D eigenvalue weighted by atomic mass is 9.99. The van der Waals surface area contributed by atoms with Gasteiger partial charge < -0.3 is 15.4 Å². The van der Waals surface area contributed by atoms with E-state index in [0.29, 0.717) is 16.3 Å². The average molecular weight is 319 g/mol. The van der Waals surface area contributed by atoms with Crippen LogP contribution in [0.4, 0.5) is 0 Å². The highest BCUT2D eigenvalue weighted by atomic mass is 35.5. The van der Waals surface area contributed by atoms with Crippen LogP contribution in [0, 0.1) is 0 Å². The third-order valence-electron chi connectivity index (χ3n) is 3.49. The van der Waals surface area contributed by atoms with E-state index in [1.165, 1.54) is 7.11 Å². The zero-order valence-electron chi connectivity index (χ0n) is 11.6. The SMILES string of the molecule is COc1cc(Cl)ccc1C(=O)NC1CCCNC1C.Cl. The number of ether oxygens (including phenoxy) is 1. The Bertz CT molecular complexity index is 468. The zero-order valence-corrected chi connectivity index (χ0v) is 13.2. The van der Waals surface area contributed by atoms with Crippen molar-refractivity contribution < 1.29 is 9.53 Å². The van der Waals surface area contributed by atoms with Gasteiger partial charge in [0.25, 0.3) is 5.91 Å². The summed E-state index contributed by atoms with van der Waals surface area (Å²) in [4.78, 5) is 12.3. The van der Waals surface area contributed by atoms with Crippen LogP contribution < -0.4 is 15.4 Å². The van der Waals surface area contributed by atoms with Crippen LogP contribution in [0.5, 0.6) is 5.75 Å². The van der Waals surface area contributed by atoms with E-state index in [-0.39, 0.29) is 30.4 Å². The smallest absolute Gasteiger partial charge is 0.255 e. The molecule has 1 saturated heterocycles. The topological polar surface area (TPSA) is 50.4 Å². The van der Waals surface area contributed by atoms with Gasteiger partial charge in [0.05, 0.1) is 12.7 Å². The standard InChI is InChI=1S/C14H19ClN2O2.ClH/c1-9-12(4-3-7-16-9)17-14(18)11-6-5-10(15)8-13(11)19-2;/h5-6,8-9,12,16H,3-4,7H2,1-2H3,(H,17,18);1H. The normalized spacial score (nSPS) is 21.8. The third-order valence-corrected chi connectivity index (χ3v) is 3.72. The van der Waals surface area contributed by atoms with Crippen molar-refractivity contribution in [3.05, 3.63) is 28.8 Å². The van der Waals surface area contributed by atoms with Crippen molar-refractivity contribution in [1.82, 2.24) is 10.6 Å². The summed E-state index contributed by atoms with van der Waals surface area (Å²) in [5, 5.41) is 6.97. The maximum absolute atomic E-state index is 12.3. The summed E-state index contributed by atoms with van der Waals surface area (Å²) in [6.07, 6.45) is 2.07. The molecular weight excluding hydrogens is 299 g/mol. The summed E-state index contributed by atoms with van der Waals surface area (Å²) >= 11 is 5.89. The Kier molecular flexibility index (Phi) is 6.59. The average Bonchev–Trinajstić information content (AvgIpc) is 2.41. The molecule has 1 aromatic carbocycles. The van der Waals surface area contributed by atoms with E-state index in [2.05, 4.69) is 17.6 Å². The van der Waals surface area contributed by atoms with Crippen molar-refractivity contribution in [3.63, 3.8) is 0 Å². The molecule has 2 atom stereocenters. The van der Waals surface area contributed by atoms with Crippen LogP contribution in [0.15, 0.2) is 18.2 Å². The maximum atomic E-state index is 12.3. The van der Waals surface area contributed by atoms with Gasteiger partial charge in [0, 0.05) is 17.1 Å². The molecule has 2 unspecified atom stereocenters. The van der Waals surface area contributed by atoms with Gasteiger partial charge in [-0.1, -0.05) is 11.6 Å². The summed E-state index contributed by atoms with van der Waals surface area (Å²) < 4.78 is 5.20.